The number of aromatic nitrogens is 3. The van der Waals surface area contributed by atoms with Crippen LogP contribution in [0.2, 0.25) is 0 Å². The third-order valence-corrected chi connectivity index (χ3v) is 3.34. The van der Waals surface area contributed by atoms with E-state index in [9.17, 15) is 0 Å². The molecule has 5 heteroatoms. The molecule has 1 atom stereocenters. The van der Waals surface area contributed by atoms with Crippen LogP contribution in [0.4, 0.5) is 5.95 Å². The number of nitrogens with zero attached hydrogens (tertiary/aromatic N) is 4. The minimum absolute atomic E-state index is 0.0191. The summed E-state index contributed by atoms with van der Waals surface area (Å²) in [5.41, 5.74) is 2.95. The number of morpholine rings is 1. The summed E-state index contributed by atoms with van der Waals surface area (Å²) in [6.45, 7) is 6.20. The predicted octanol–water partition coefficient (Wildman–Crippen LogP) is 2.07. The fourth-order valence-electron chi connectivity index (χ4n) is 2.43. The van der Waals surface area contributed by atoms with Crippen molar-refractivity contribution in [3.8, 4) is 0 Å². The molecule has 0 aromatic carbocycles. The molecular weight excluding hydrogens is 252 g/mol. The van der Waals surface area contributed by atoms with Crippen LogP contribution in [-0.2, 0) is 4.74 Å². The van der Waals surface area contributed by atoms with Gasteiger partial charge in [-0.25, -0.2) is 9.97 Å². The molecule has 5 nitrogen and oxygen atoms in total. The quantitative estimate of drug-likeness (QED) is 0.836. The lowest BCUT2D eigenvalue weighted by Crippen LogP contribution is -2.39. The van der Waals surface area contributed by atoms with Crippen molar-refractivity contribution < 1.29 is 4.74 Å². The van der Waals surface area contributed by atoms with Gasteiger partial charge in [-0.3, -0.25) is 4.98 Å². The first kappa shape index (κ1) is 13.0. The van der Waals surface area contributed by atoms with Crippen molar-refractivity contribution in [3.63, 3.8) is 0 Å². The van der Waals surface area contributed by atoms with Gasteiger partial charge in [0.15, 0.2) is 0 Å². The summed E-state index contributed by atoms with van der Waals surface area (Å²) >= 11 is 0. The van der Waals surface area contributed by atoms with E-state index in [1.807, 2.05) is 38.1 Å². The van der Waals surface area contributed by atoms with Crippen molar-refractivity contribution in [1.29, 1.82) is 0 Å². The smallest absolute Gasteiger partial charge is 0.225 e. The summed E-state index contributed by atoms with van der Waals surface area (Å²) in [7, 11) is 0. The number of ether oxygens (including phenoxy) is 1. The monoisotopic (exact) mass is 270 g/mol. The molecule has 1 aliphatic rings. The van der Waals surface area contributed by atoms with E-state index >= 15 is 0 Å². The molecule has 1 saturated heterocycles. The first-order valence-electron chi connectivity index (χ1n) is 6.82. The zero-order valence-electron chi connectivity index (χ0n) is 11.8. The molecule has 0 radical (unpaired) electrons. The Balaban J connectivity index is 1.81. The van der Waals surface area contributed by atoms with Crippen LogP contribution in [0.25, 0.3) is 0 Å². The van der Waals surface area contributed by atoms with Gasteiger partial charge in [0.1, 0.15) is 6.10 Å². The number of pyridine rings is 1. The van der Waals surface area contributed by atoms with E-state index in [1.54, 1.807) is 6.20 Å². The molecule has 0 amide bonds. The van der Waals surface area contributed by atoms with Crippen molar-refractivity contribution in [2.45, 2.75) is 20.0 Å². The molecule has 104 valence electrons. The summed E-state index contributed by atoms with van der Waals surface area (Å²) in [5.74, 6) is 0.784. The van der Waals surface area contributed by atoms with E-state index in [4.69, 9.17) is 4.74 Å². The Kier molecular flexibility index (Phi) is 3.60. The summed E-state index contributed by atoms with van der Waals surface area (Å²) in [4.78, 5) is 15.6. The Labute approximate surface area is 118 Å². The maximum atomic E-state index is 5.82. The summed E-state index contributed by atoms with van der Waals surface area (Å²) in [6.07, 6.45) is 1.78. The van der Waals surface area contributed by atoms with E-state index < -0.39 is 0 Å². The fraction of sp³-hybridized carbons (Fsp3) is 0.400. The Hall–Kier alpha value is -2.01. The summed E-state index contributed by atoms with van der Waals surface area (Å²) in [5, 5.41) is 0. The van der Waals surface area contributed by atoms with Gasteiger partial charge >= 0.3 is 0 Å². The molecule has 2 aromatic rings. The molecule has 0 spiro atoms. The molecule has 0 saturated carbocycles. The first-order chi connectivity index (χ1) is 9.72. The van der Waals surface area contributed by atoms with Gasteiger partial charge in [-0.2, -0.15) is 0 Å². The topological polar surface area (TPSA) is 51.1 Å². The second kappa shape index (κ2) is 5.54. The van der Waals surface area contributed by atoms with Crippen LogP contribution in [0.1, 0.15) is 23.2 Å². The standard InChI is InChI=1S/C15H18N4O/c1-11-9-12(2)18-15(17-11)19-7-8-20-14(10-19)13-5-3-4-6-16-13/h3-6,9,14H,7-8,10H2,1-2H3/t14-/m1/s1. The number of rotatable bonds is 2. The number of hydrogen-bond donors (Lipinski definition) is 0. The van der Waals surface area contributed by atoms with Crippen LogP contribution < -0.4 is 4.90 Å². The first-order valence-corrected chi connectivity index (χ1v) is 6.82. The molecular formula is C15H18N4O. The zero-order valence-corrected chi connectivity index (χ0v) is 11.8. The van der Waals surface area contributed by atoms with Crippen molar-refractivity contribution >= 4 is 5.95 Å². The molecule has 2 aromatic heterocycles. The van der Waals surface area contributed by atoms with Gasteiger partial charge in [0, 0.05) is 24.1 Å². The highest BCUT2D eigenvalue weighted by molar-refractivity contribution is 5.33. The lowest BCUT2D eigenvalue weighted by molar-refractivity contribution is 0.0364. The fourth-order valence-corrected chi connectivity index (χ4v) is 2.43. The van der Waals surface area contributed by atoms with Crippen LogP contribution >= 0.6 is 0 Å². The van der Waals surface area contributed by atoms with Crippen LogP contribution in [0, 0.1) is 13.8 Å². The van der Waals surface area contributed by atoms with E-state index in [2.05, 4.69) is 19.9 Å². The predicted molar refractivity (Wildman–Crippen MR) is 76.6 cm³/mol. The van der Waals surface area contributed by atoms with Crippen molar-refractivity contribution in [3.05, 3.63) is 47.5 Å². The Morgan fingerprint density at radius 1 is 1.20 bits per heavy atom. The maximum Gasteiger partial charge on any atom is 0.225 e. The van der Waals surface area contributed by atoms with Gasteiger partial charge in [0.25, 0.3) is 0 Å². The SMILES string of the molecule is Cc1cc(C)nc(N2CCO[C@@H](c3ccccn3)C2)n1. The maximum absolute atomic E-state index is 5.82. The molecule has 0 bridgehead atoms. The molecule has 0 N–H and O–H groups in total. The second-order valence-electron chi connectivity index (χ2n) is 5.01. The summed E-state index contributed by atoms with van der Waals surface area (Å²) < 4.78 is 5.82. The molecule has 1 fully saturated rings. The highest BCUT2D eigenvalue weighted by Gasteiger charge is 2.24. The van der Waals surface area contributed by atoms with Crippen LogP contribution in [0.3, 0.4) is 0 Å². The third-order valence-electron chi connectivity index (χ3n) is 3.34. The molecule has 1 aliphatic heterocycles. The van der Waals surface area contributed by atoms with Crippen LogP contribution in [-0.4, -0.2) is 34.6 Å². The van der Waals surface area contributed by atoms with Gasteiger partial charge in [-0.15, -0.1) is 0 Å². The highest BCUT2D eigenvalue weighted by atomic mass is 16.5. The lowest BCUT2D eigenvalue weighted by atomic mass is 10.2. The Morgan fingerprint density at radius 3 is 2.70 bits per heavy atom. The average molecular weight is 270 g/mol. The lowest BCUT2D eigenvalue weighted by Gasteiger charge is -2.32. The van der Waals surface area contributed by atoms with Crippen molar-refractivity contribution in [2.75, 3.05) is 24.6 Å². The highest BCUT2D eigenvalue weighted by Crippen LogP contribution is 2.23. The average Bonchev–Trinajstić information content (AvgIpc) is 2.47. The van der Waals surface area contributed by atoms with Gasteiger partial charge in [-0.05, 0) is 32.0 Å². The molecule has 0 unspecified atom stereocenters. The molecule has 0 aliphatic carbocycles. The van der Waals surface area contributed by atoms with Crippen LogP contribution in [0.5, 0.6) is 0 Å². The number of aryl methyl sites for hydroxylation is 2. The summed E-state index contributed by atoms with van der Waals surface area (Å²) in [6, 6.07) is 7.88. The van der Waals surface area contributed by atoms with Gasteiger partial charge in [0.2, 0.25) is 5.95 Å². The van der Waals surface area contributed by atoms with Gasteiger partial charge < -0.3 is 9.64 Å². The van der Waals surface area contributed by atoms with Crippen molar-refractivity contribution in [2.24, 2.45) is 0 Å². The van der Waals surface area contributed by atoms with Gasteiger partial charge in [-0.1, -0.05) is 6.07 Å². The zero-order chi connectivity index (χ0) is 13.9. The van der Waals surface area contributed by atoms with Gasteiger partial charge in [0.05, 0.1) is 18.8 Å². The number of hydrogen-bond acceptors (Lipinski definition) is 5. The van der Waals surface area contributed by atoms with E-state index in [0.717, 1.165) is 36.1 Å². The third kappa shape index (κ3) is 2.77. The largest absolute Gasteiger partial charge is 0.368 e. The second-order valence-corrected chi connectivity index (χ2v) is 5.01. The van der Waals surface area contributed by atoms with E-state index in [0.29, 0.717) is 6.61 Å². The van der Waals surface area contributed by atoms with E-state index in [1.165, 1.54) is 0 Å². The van der Waals surface area contributed by atoms with E-state index in [-0.39, 0.29) is 6.10 Å². The Bertz CT molecular complexity index is 567. The number of anilines is 1. The molecule has 3 rings (SSSR count). The molecule has 3 heterocycles. The minimum atomic E-state index is -0.0191. The molecule has 20 heavy (non-hydrogen) atoms. The van der Waals surface area contributed by atoms with Crippen molar-refractivity contribution in [1.82, 2.24) is 15.0 Å². The minimum Gasteiger partial charge on any atom is -0.368 e. The Morgan fingerprint density at radius 2 is 2.00 bits per heavy atom. The normalized spacial score (nSPS) is 19.1. The van der Waals surface area contributed by atoms with Crippen LogP contribution in [0.15, 0.2) is 30.5 Å².